The summed E-state index contributed by atoms with van der Waals surface area (Å²) in [5.74, 6) is 0.199. The number of nitrogens with one attached hydrogen (secondary N) is 2. The molecule has 3 aromatic rings. The lowest BCUT2D eigenvalue weighted by Crippen LogP contribution is -2.22. The van der Waals surface area contributed by atoms with Crippen molar-refractivity contribution >= 4 is 33.3 Å². The molecule has 0 saturated carbocycles. The van der Waals surface area contributed by atoms with Crippen molar-refractivity contribution in [3.63, 3.8) is 0 Å². The van der Waals surface area contributed by atoms with Crippen LogP contribution in [0, 0.1) is 13.8 Å². The summed E-state index contributed by atoms with van der Waals surface area (Å²) in [7, 11) is -0.571. The highest BCUT2D eigenvalue weighted by atomic mass is 32.2. The molecule has 0 saturated heterocycles. The standard InChI is InChI=1S/C21H23N5O3S/c1-14-13-15(2)23-21(22-14)25-18-7-5-16(6-8-18)20(27)24-17-9-11-19(12-10-17)30(28,29)26(3)4/h5-13H,1-4H3,(H,24,27)(H,22,23,25). The van der Waals surface area contributed by atoms with Crippen LogP contribution < -0.4 is 10.6 Å². The molecule has 0 aliphatic heterocycles. The molecule has 30 heavy (non-hydrogen) atoms. The van der Waals surface area contributed by atoms with Gasteiger partial charge < -0.3 is 10.6 Å². The number of nitrogens with zero attached hydrogens (tertiary/aromatic N) is 3. The van der Waals surface area contributed by atoms with E-state index in [-0.39, 0.29) is 10.8 Å². The molecule has 0 atom stereocenters. The Labute approximate surface area is 176 Å². The molecule has 0 unspecified atom stereocenters. The quantitative estimate of drug-likeness (QED) is 0.628. The van der Waals surface area contributed by atoms with Crippen molar-refractivity contribution in [2.45, 2.75) is 18.7 Å². The Morgan fingerprint density at radius 2 is 1.40 bits per heavy atom. The van der Waals surface area contributed by atoms with E-state index in [0.717, 1.165) is 21.4 Å². The van der Waals surface area contributed by atoms with Gasteiger partial charge in [0.1, 0.15) is 0 Å². The van der Waals surface area contributed by atoms with Crippen LogP contribution in [-0.2, 0) is 10.0 Å². The first kappa shape index (κ1) is 21.4. The monoisotopic (exact) mass is 425 g/mol. The third-order valence-corrected chi connectivity index (χ3v) is 6.11. The zero-order valence-electron chi connectivity index (χ0n) is 17.2. The summed E-state index contributed by atoms with van der Waals surface area (Å²) in [5.41, 5.74) is 3.46. The Kier molecular flexibility index (Phi) is 6.14. The Hall–Kier alpha value is -3.30. The zero-order valence-corrected chi connectivity index (χ0v) is 18.0. The summed E-state index contributed by atoms with van der Waals surface area (Å²) in [4.78, 5) is 21.3. The van der Waals surface area contributed by atoms with Crippen LogP contribution in [0.5, 0.6) is 0 Å². The third-order valence-electron chi connectivity index (χ3n) is 4.28. The lowest BCUT2D eigenvalue weighted by Gasteiger charge is -2.12. The van der Waals surface area contributed by atoms with Gasteiger partial charge in [0.05, 0.1) is 4.90 Å². The van der Waals surface area contributed by atoms with Gasteiger partial charge in [-0.3, -0.25) is 4.79 Å². The average Bonchev–Trinajstić information content (AvgIpc) is 2.68. The van der Waals surface area contributed by atoms with E-state index in [1.54, 1.807) is 36.4 Å². The molecule has 3 rings (SSSR count). The Balaban J connectivity index is 1.67. The normalized spacial score (nSPS) is 11.4. The van der Waals surface area contributed by atoms with Gasteiger partial charge in [-0.05, 0) is 68.4 Å². The minimum Gasteiger partial charge on any atom is -0.324 e. The van der Waals surface area contributed by atoms with Crippen LogP contribution >= 0.6 is 0 Å². The van der Waals surface area contributed by atoms with Crippen molar-refractivity contribution in [3.05, 3.63) is 71.5 Å². The molecule has 0 bridgehead atoms. The van der Waals surface area contributed by atoms with Gasteiger partial charge in [0.2, 0.25) is 16.0 Å². The first-order valence-electron chi connectivity index (χ1n) is 9.18. The minimum absolute atomic E-state index is 0.162. The number of hydrogen-bond donors (Lipinski definition) is 2. The van der Waals surface area contributed by atoms with Crippen molar-refractivity contribution in [2.24, 2.45) is 0 Å². The molecule has 0 spiro atoms. The minimum atomic E-state index is -3.51. The van der Waals surface area contributed by atoms with Gasteiger partial charge in [-0.25, -0.2) is 22.7 Å². The van der Waals surface area contributed by atoms with Gasteiger partial charge in [-0.15, -0.1) is 0 Å². The van der Waals surface area contributed by atoms with Crippen molar-refractivity contribution in [1.29, 1.82) is 0 Å². The van der Waals surface area contributed by atoms with E-state index in [1.807, 2.05) is 19.9 Å². The number of rotatable bonds is 6. The van der Waals surface area contributed by atoms with Crippen molar-refractivity contribution in [3.8, 4) is 0 Å². The van der Waals surface area contributed by atoms with E-state index in [2.05, 4.69) is 20.6 Å². The van der Waals surface area contributed by atoms with E-state index in [1.165, 1.54) is 26.2 Å². The number of hydrogen-bond acceptors (Lipinski definition) is 6. The van der Waals surface area contributed by atoms with Crippen LogP contribution in [0.3, 0.4) is 0 Å². The fourth-order valence-corrected chi connectivity index (χ4v) is 3.64. The highest BCUT2D eigenvalue weighted by Crippen LogP contribution is 2.19. The third kappa shape index (κ3) is 5.00. The van der Waals surface area contributed by atoms with Gasteiger partial charge in [-0.1, -0.05) is 0 Å². The van der Waals surface area contributed by atoms with Gasteiger partial charge in [0.25, 0.3) is 5.91 Å². The molecule has 0 aliphatic rings. The molecule has 2 N–H and O–H groups in total. The van der Waals surface area contributed by atoms with Crippen LogP contribution in [0.4, 0.5) is 17.3 Å². The first-order valence-corrected chi connectivity index (χ1v) is 10.6. The number of aryl methyl sites for hydroxylation is 2. The molecular weight excluding hydrogens is 402 g/mol. The Morgan fingerprint density at radius 1 is 0.867 bits per heavy atom. The predicted octanol–water partition coefficient (Wildman–Crippen LogP) is 3.34. The van der Waals surface area contributed by atoms with E-state index < -0.39 is 10.0 Å². The Morgan fingerprint density at radius 3 is 1.93 bits per heavy atom. The highest BCUT2D eigenvalue weighted by Gasteiger charge is 2.17. The smallest absolute Gasteiger partial charge is 0.255 e. The van der Waals surface area contributed by atoms with Crippen LogP contribution in [-0.4, -0.2) is 42.7 Å². The van der Waals surface area contributed by atoms with Gasteiger partial charge in [-0.2, -0.15) is 0 Å². The molecule has 1 amide bonds. The lowest BCUT2D eigenvalue weighted by atomic mass is 10.2. The second kappa shape index (κ2) is 8.60. The number of sulfonamides is 1. The number of benzene rings is 2. The van der Waals surface area contributed by atoms with Crippen LogP contribution in [0.25, 0.3) is 0 Å². The Bertz CT molecular complexity index is 1140. The fourth-order valence-electron chi connectivity index (χ4n) is 2.74. The van der Waals surface area contributed by atoms with Crippen LogP contribution in [0.2, 0.25) is 0 Å². The summed E-state index contributed by atoms with van der Waals surface area (Å²) < 4.78 is 25.4. The topological polar surface area (TPSA) is 104 Å². The largest absolute Gasteiger partial charge is 0.324 e. The number of amides is 1. The number of anilines is 3. The van der Waals surface area contributed by atoms with E-state index in [9.17, 15) is 13.2 Å². The zero-order chi connectivity index (χ0) is 21.9. The summed E-state index contributed by atoms with van der Waals surface area (Å²) in [6.45, 7) is 3.80. The van der Waals surface area contributed by atoms with Crippen LogP contribution in [0.1, 0.15) is 21.7 Å². The highest BCUT2D eigenvalue weighted by molar-refractivity contribution is 7.89. The summed E-state index contributed by atoms with van der Waals surface area (Å²) in [6, 6.07) is 14.8. The molecule has 0 aliphatic carbocycles. The van der Waals surface area contributed by atoms with Crippen molar-refractivity contribution in [1.82, 2.24) is 14.3 Å². The van der Waals surface area contributed by atoms with Gasteiger partial charge >= 0.3 is 0 Å². The lowest BCUT2D eigenvalue weighted by molar-refractivity contribution is 0.102. The second-order valence-corrected chi connectivity index (χ2v) is 9.09. The summed E-state index contributed by atoms with van der Waals surface area (Å²) in [6.07, 6.45) is 0. The maximum atomic E-state index is 12.5. The first-order chi connectivity index (χ1) is 14.1. The number of carbonyl (C=O) groups excluding carboxylic acids is 1. The number of carbonyl (C=O) groups is 1. The van der Waals surface area contributed by atoms with Crippen molar-refractivity contribution < 1.29 is 13.2 Å². The molecule has 2 aromatic carbocycles. The fraction of sp³-hybridized carbons (Fsp3) is 0.190. The molecule has 0 radical (unpaired) electrons. The SMILES string of the molecule is Cc1cc(C)nc(Nc2ccc(C(=O)Nc3ccc(S(=O)(=O)N(C)C)cc3)cc2)n1. The predicted molar refractivity (Wildman–Crippen MR) is 116 cm³/mol. The molecule has 9 heteroatoms. The number of aromatic nitrogens is 2. The average molecular weight is 426 g/mol. The summed E-state index contributed by atoms with van der Waals surface area (Å²) in [5, 5.41) is 5.87. The summed E-state index contributed by atoms with van der Waals surface area (Å²) >= 11 is 0. The second-order valence-electron chi connectivity index (χ2n) is 6.94. The molecule has 1 heterocycles. The molecule has 0 fully saturated rings. The van der Waals surface area contributed by atoms with E-state index in [4.69, 9.17) is 0 Å². The maximum absolute atomic E-state index is 12.5. The van der Waals surface area contributed by atoms with Crippen molar-refractivity contribution in [2.75, 3.05) is 24.7 Å². The molecule has 8 nitrogen and oxygen atoms in total. The van der Waals surface area contributed by atoms with E-state index >= 15 is 0 Å². The van der Waals surface area contributed by atoms with Gasteiger partial charge in [0.15, 0.2) is 0 Å². The maximum Gasteiger partial charge on any atom is 0.255 e. The van der Waals surface area contributed by atoms with E-state index in [0.29, 0.717) is 17.2 Å². The van der Waals surface area contributed by atoms with Gasteiger partial charge in [0, 0.05) is 42.4 Å². The molecule has 1 aromatic heterocycles. The molecule has 156 valence electrons. The van der Waals surface area contributed by atoms with Crippen LogP contribution in [0.15, 0.2) is 59.5 Å². The molecular formula is C21H23N5O3S.